The Bertz CT molecular complexity index is 409. The molecule has 2 rings (SSSR count). The number of rotatable bonds is 8. The number of primary amides is 1. The maximum Gasteiger partial charge on any atom is 0.248 e. The largest absolute Gasteiger partial charge is 0.369 e. The first kappa shape index (κ1) is 17.2. The first-order valence-electron chi connectivity index (χ1n) is 8.30. The maximum atomic E-state index is 12.6. The van der Waals surface area contributed by atoms with Gasteiger partial charge in [0.05, 0.1) is 12.1 Å². The predicted molar refractivity (Wildman–Crippen MR) is 84.0 cm³/mol. The second-order valence-corrected chi connectivity index (χ2v) is 6.98. The maximum absolute atomic E-state index is 12.6. The van der Waals surface area contributed by atoms with Crippen molar-refractivity contribution in [2.45, 2.75) is 57.7 Å². The van der Waals surface area contributed by atoms with Crippen LogP contribution >= 0.6 is 0 Å². The zero-order chi connectivity index (χ0) is 16.3. The van der Waals surface area contributed by atoms with Gasteiger partial charge in [0, 0.05) is 7.11 Å². The van der Waals surface area contributed by atoms with Crippen LogP contribution in [0.3, 0.4) is 0 Å². The van der Waals surface area contributed by atoms with Crippen molar-refractivity contribution in [1.29, 1.82) is 0 Å². The Kier molecular flexibility index (Phi) is 5.81. The van der Waals surface area contributed by atoms with E-state index < -0.39 is 12.0 Å². The number of hydrogen-bond donors (Lipinski definition) is 3. The Balaban J connectivity index is 2.02. The molecule has 0 aromatic heterocycles. The van der Waals surface area contributed by atoms with Crippen molar-refractivity contribution >= 4 is 11.8 Å². The number of methoxy groups -OCH3 is 1. The van der Waals surface area contributed by atoms with Gasteiger partial charge in [0.15, 0.2) is 6.10 Å². The molecule has 4 atom stereocenters. The van der Waals surface area contributed by atoms with Gasteiger partial charge in [-0.05, 0) is 37.1 Å². The van der Waals surface area contributed by atoms with Crippen molar-refractivity contribution in [3.05, 3.63) is 0 Å². The highest BCUT2D eigenvalue weighted by Gasteiger charge is 2.38. The van der Waals surface area contributed by atoms with Gasteiger partial charge in [-0.3, -0.25) is 9.59 Å². The fourth-order valence-corrected chi connectivity index (χ4v) is 3.45. The Labute approximate surface area is 132 Å². The third kappa shape index (κ3) is 4.20. The third-order valence-electron chi connectivity index (χ3n) is 4.92. The lowest BCUT2D eigenvalue weighted by atomic mass is 9.88. The monoisotopic (exact) mass is 311 g/mol. The molecule has 6 heteroatoms. The van der Waals surface area contributed by atoms with Crippen molar-refractivity contribution in [1.82, 2.24) is 10.6 Å². The summed E-state index contributed by atoms with van der Waals surface area (Å²) in [5, 5.41) is 6.30. The number of nitrogens with two attached hydrogens (primary N) is 1. The van der Waals surface area contributed by atoms with E-state index >= 15 is 0 Å². The van der Waals surface area contributed by atoms with E-state index in [0.717, 1.165) is 32.2 Å². The van der Waals surface area contributed by atoms with Gasteiger partial charge >= 0.3 is 0 Å². The molecule has 2 amide bonds. The summed E-state index contributed by atoms with van der Waals surface area (Å²) < 4.78 is 5.23. The zero-order valence-electron chi connectivity index (χ0n) is 13.8. The van der Waals surface area contributed by atoms with E-state index in [9.17, 15) is 9.59 Å². The van der Waals surface area contributed by atoms with E-state index in [0.29, 0.717) is 17.8 Å². The molecule has 1 saturated carbocycles. The quantitative estimate of drug-likeness (QED) is 0.605. The van der Waals surface area contributed by atoms with E-state index in [-0.39, 0.29) is 18.0 Å². The minimum absolute atomic E-state index is 0.0369. The molecule has 1 aliphatic carbocycles. The first-order valence-corrected chi connectivity index (χ1v) is 8.30. The predicted octanol–water partition coefficient (Wildman–Crippen LogP) is 0.406. The van der Waals surface area contributed by atoms with Crippen LogP contribution in [-0.2, 0) is 14.3 Å². The highest BCUT2D eigenvalue weighted by molar-refractivity contribution is 5.85. The lowest BCUT2D eigenvalue weighted by Crippen LogP contribution is -2.55. The Morgan fingerprint density at radius 1 is 1.32 bits per heavy atom. The SMILES string of the molecule is COC(C(N)=O)C(CC1CC1)NC(=O)[C@H]1NCC[C@@H]1C(C)C. The van der Waals surface area contributed by atoms with Crippen LogP contribution in [0, 0.1) is 17.8 Å². The standard InChI is InChI=1S/C16H29N3O3/c1-9(2)11-6-7-18-13(11)16(21)19-12(8-10-4-5-10)14(22-3)15(17)20/h9-14,18H,4-8H2,1-3H3,(H2,17,20)(H,19,21)/t11-,12?,13+,14?/m1/s1. The van der Waals surface area contributed by atoms with Gasteiger partial charge in [0.2, 0.25) is 11.8 Å². The average molecular weight is 311 g/mol. The van der Waals surface area contributed by atoms with E-state index in [1.54, 1.807) is 0 Å². The summed E-state index contributed by atoms with van der Waals surface area (Å²) >= 11 is 0. The lowest BCUT2D eigenvalue weighted by molar-refractivity contribution is -0.132. The highest BCUT2D eigenvalue weighted by atomic mass is 16.5. The van der Waals surface area contributed by atoms with Crippen LogP contribution in [0.4, 0.5) is 0 Å². The van der Waals surface area contributed by atoms with Crippen molar-refractivity contribution in [3.63, 3.8) is 0 Å². The third-order valence-corrected chi connectivity index (χ3v) is 4.92. The molecule has 2 aliphatic rings. The fourth-order valence-electron chi connectivity index (χ4n) is 3.45. The van der Waals surface area contributed by atoms with E-state index in [2.05, 4.69) is 24.5 Å². The van der Waals surface area contributed by atoms with Crippen LogP contribution in [0.1, 0.15) is 39.5 Å². The van der Waals surface area contributed by atoms with E-state index in [1.165, 1.54) is 7.11 Å². The second kappa shape index (κ2) is 7.42. The van der Waals surface area contributed by atoms with Crippen LogP contribution in [0.2, 0.25) is 0 Å². The summed E-state index contributed by atoms with van der Waals surface area (Å²) in [6.07, 6.45) is 3.30. The topological polar surface area (TPSA) is 93.4 Å². The number of hydrogen-bond acceptors (Lipinski definition) is 4. The van der Waals surface area contributed by atoms with Gasteiger partial charge in [0.25, 0.3) is 0 Å². The second-order valence-electron chi connectivity index (χ2n) is 6.98. The van der Waals surface area contributed by atoms with Crippen LogP contribution < -0.4 is 16.4 Å². The molecule has 2 unspecified atom stereocenters. The lowest BCUT2D eigenvalue weighted by Gasteiger charge is -2.28. The van der Waals surface area contributed by atoms with E-state index in [1.807, 2.05) is 0 Å². The molecule has 4 N–H and O–H groups in total. The summed E-state index contributed by atoms with van der Waals surface area (Å²) in [7, 11) is 1.46. The number of nitrogens with one attached hydrogen (secondary N) is 2. The van der Waals surface area contributed by atoms with Crippen molar-refractivity contribution in [3.8, 4) is 0 Å². The van der Waals surface area contributed by atoms with Crippen molar-refractivity contribution in [2.75, 3.05) is 13.7 Å². The summed E-state index contributed by atoms with van der Waals surface area (Å²) in [4.78, 5) is 24.2. The van der Waals surface area contributed by atoms with Crippen LogP contribution in [0.25, 0.3) is 0 Å². The summed E-state index contributed by atoms with van der Waals surface area (Å²) in [6, 6.07) is -0.523. The molecule has 0 spiro atoms. The number of carbonyl (C=O) groups excluding carboxylic acids is 2. The normalized spacial score (nSPS) is 27.6. The molecule has 0 aromatic carbocycles. The number of carbonyl (C=O) groups is 2. The Morgan fingerprint density at radius 2 is 2.00 bits per heavy atom. The van der Waals surface area contributed by atoms with Gasteiger partial charge < -0.3 is 21.1 Å². The molecule has 0 aromatic rings. The fraction of sp³-hybridized carbons (Fsp3) is 0.875. The van der Waals surface area contributed by atoms with Gasteiger partial charge in [-0.1, -0.05) is 26.7 Å². The summed E-state index contributed by atoms with van der Waals surface area (Å²) in [5.41, 5.74) is 5.42. The van der Waals surface area contributed by atoms with E-state index in [4.69, 9.17) is 10.5 Å². The van der Waals surface area contributed by atoms with Crippen LogP contribution in [0.15, 0.2) is 0 Å². The molecular weight excluding hydrogens is 282 g/mol. The minimum atomic E-state index is -0.761. The molecule has 2 fully saturated rings. The molecular formula is C16H29N3O3. The van der Waals surface area contributed by atoms with Gasteiger partial charge in [0.1, 0.15) is 0 Å². The van der Waals surface area contributed by atoms with Gasteiger partial charge in [-0.25, -0.2) is 0 Å². The average Bonchev–Trinajstić information content (AvgIpc) is 3.11. The van der Waals surface area contributed by atoms with Crippen molar-refractivity contribution < 1.29 is 14.3 Å². The molecule has 1 heterocycles. The van der Waals surface area contributed by atoms with Crippen LogP contribution in [-0.4, -0.2) is 43.7 Å². The van der Waals surface area contributed by atoms with Crippen LogP contribution in [0.5, 0.6) is 0 Å². The molecule has 1 saturated heterocycles. The smallest absolute Gasteiger partial charge is 0.248 e. The molecule has 6 nitrogen and oxygen atoms in total. The summed E-state index contributed by atoms with van der Waals surface area (Å²) in [5.74, 6) is 0.788. The first-order chi connectivity index (χ1) is 10.4. The molecule has 22 heavy (non-hydrogen) atoms. The molecule has 0 radical (unpaired) electrons. The number of amides is 2. The zero-order valence-corrected chi connectivity index (χ0v) is 13.8. The highest BCUT2D eigenvalue weighted by Crippen LogP contribution is 2.34. The minimum Gasteiger partial charge on any atom is -0.369 e. The van der Waals surface area contributed by atoms with Gasteiger partial charge in [-0.2, -0.15) is 0 Å². The Hall–Kier alpha value is -1.14. The summed E-state index contributed by atoms with van der Waals surface area (Å²) in [6.45, 7) is 5.14. The van der Waals surface area contributed by atoms with Crippen molar-refractivity contribution in [2.24, 2.45) is 23.5 Å². The Morgan fingerprint density at radius 3 is 2.50 bits per heavy atom. The molecule has 1 aliphatic heterocycles. The van der Waals surface area contributed by atoms with Gasteiger partial charge in [-0.15, -0.1) is 0 Å². The number of ether oxygens (including phenoxy) is 1. The molecule has 0 bridgehead atoms. The molecule has 126 valence electrons.